The third-order valence-corrected chi connectivity index (χ3v) is 5.90. The summed E-state index contributed by atoms with van der Waals surface area (Å²) in [7, 11) is -4.09. The fourth-order valence-electron chi connectivity index (χ4n) is 2.59. The molecule has 0 heterocycles. The number of hydrogen-bond donors (Lipinski definition) is 2. The minimum Gasteiger partial charge on any atom is -0.322 e. The van der Waals surface area contributed by atoms with E-state index < -0.39 is 15.9 Å². The van der Waals surface area contributed by atoms with Crippen LogP contribution in [0.3, 0.4) is 0 Å². The van der Waals surface area contributed by atoms with Crippen molar-refractivity contribution in [3.63, 3.8) is 0 Å². The molecular weight excluding hydrogens is 412 g/mol. The van der Waals surface area contributed by atoms with E-state index in [0.717, 1.165) is 0 Å². The molecule has 0 saturated carbocycles. The maximum atomic E-state index is 12.8. The minimum absolute atomic E-state index is 0.0310. The zero-order valence-electron chi connectivity index (χ0n) is 15.3. The highest BCUT2D eigenvalue weighted by Crippen LogP contribution is 2.26. The average Bonchev–Trinajstić information content (AvgIpc) is 2.68. The third kappa shape index (κ3) is 5.01. The van der Waals surface area contributed by atoms with E-state index in [1.165, 1.54) is 37.3 Å². The first-order valence-corrected chi connectivity index (χ1v) is 10.4. The van der Waals surface area contributed by atoms with Gasteiger partial charge in [-0.2, -0.15) is 0 Å². The lowest BCUT2D eigenvalue weighted by Crippen LogP contribution is -2.16. The molecule has 0 saturated heterocycles. The SMILES string of the molecule is CC(=O)c1cccc(NS(=O)(=O)c2cc(C(=O)Nc3ccccc3)ccc2Cl)c1. The molecule has 3 aromatic rings. The van der Waals surface area contributed by atoms with Gasteiger partial charge >= 0.3 is 0 Å². The highest BCUT2D eigenvalue weighted by molar-refractivity contribution is 7.92. The lowest BCUT2D eigenvalue weighted by molar-refractivity contribution is 0.101. The van der Waals surface area contributed by atoms with Crippen LogP contribution in [-0.4, -0.2) is 20.1 Å². The molecule has 0 bridgehead atoms. The van der Waals surface area contributed by atoms with E-state index in [0.29, 0.717) is 11.3 Å². The van der Waals surface area contributed by atoms with E-state index in [1.54, 1.807) is 36.4 Å². The molecule has 8 heteroatoms. The van der Waals surface area contributed by atoms with Crippen LogP contribution in [0.25, 0.3) is 0 Å². The van der Waals surface area contributed by atoms with E-state index in [4.69, 9.17) is 11.6 Å². The lowest BCUT2D eigenvalue weighted by atomic mass is 10.1. The molecule has 29 heavy (non-hydrogen) atoms. The molecule has 0 radical (unpaired) electrons. The molecule has 0 aliphatic rings. The number of nitrogens with one attached hydrogen (secondary N) is 2. The number of ketones is 1. The number of anilines is 2. The minimum atomic E-state index is -4.09. The van der Waals surface area contributed by atoms with Gasteiger partial charge < -0.3 is 5.32 Å². The summed E-state index contributed by atoms with van der Waals surface area (Å²) in [6, 6.07) is 18.9. The van der Waals surface area contributed by atoms with Gasteiger partial charge in [0.15, 0.2) is 5.78 Å². The Labute approximate surface area is 173 Å². The van der Waals surface area contributed by atoms with Gasteiger partial charge in [0.25, 0.3) is 15.9 Å². The number of benzene rings is 3. The zero-order valence-corrected chi connectivity index (χ0v) is 16.9. The molecule has 3 rings (SSSR count). The first-order valence-electron chi connectivity index (χ1n) is 8.56. The van der Waals surface area contributed by atoms with Crippen molar-refractivity contribution in [1.29, 1.82) is 0 Å². The Morgan fingerprint density at radius 2 is 1.52 bits per heavy atom. The topological polar surface area (TPSA) is 92.3 Å². The van der Waals surface area contributed by atoms with Gasteiger partial charge in [-0.25, -0.2) is 8.42 Å². The molecule has 0 spiro atoms. The van der Waals surface area contributed by atoms with Crippen molar-refractivity contribution in [2.24, 2.45) is 0 Å². The maximum Gasteiger partial charge on any atom is 0.263 e. The van der Waals surface area contributed by atoms with E-state index in [-0.39, 0.29) is 27.0 Å². The van der Waals surface area contributed by atoms with Gasteiger partial charge in [0.2, 0.25) is 0 Å². The van der Waals surface area contributed by atoms with Crippen LogP contribution in [0, 0.1) is 0 Å². The van der Waals surface area contributed by atoms with Crippen molar-refractivity contribution in [3.05, 3.63) is 88.9 Å². The monoisotopic (exact) mass is 428 g/mol. The first kappa shape index (κ1) is 20.6. The van der Waals surface area contributed by atoms with E-state index in [9.17, 15) is 18.0 Å². The largest absolute Gasteiger partial charge is 0.322 e. The van der Waals surface area contributed by atoms with E-state index >= 15 is 0 Å². The third-order valence-electron chi connectivity index (χ3n) is 4.04. The Hall–Kier alpha value is -3.16. The molecule has 1 amide bonds. The smallest absolute Gasteiger partial charge is 0.263 e. The second kappa shape index (κ2) is 8.46. The number of rotatable bonds is 6. The Bertz CT molecular complexity index is 1180. The number of halogens is 1. The van der Waals surface area contributed by atoms with E-state index in [1.807, 2.05) is 6.07 Å². The Morgan fingerprint density at radius 3 is 2.21 bits per heavy atom. The molecule has 6 nitrogen and oxygen atoms in total. The van der Waals surface area contributed by atoms with Gasteiger partial charge in [-0.3, -0.25) is 14.3 Å². The standard InChI is InChI=1S/C21H17ClN2O4S/c1-14(25)15-6-5-9-18(12-15)24-29(27,28)20-13-16(10-11-19(20)22)21(26)23-17-7-3-2-4-8-17/h2-13,24H,1H3,(H,23,26). The molecule has 0 unspecified atom stereocenters. The Kier molecular flexibility index (Phi) is 6.00. The average molecular weight is 429 g/mol. The Balaban J connectivity index is 1.89. The summed E-state index contributed by atoms with van der Waals surface area (Å²) >= 11 is 6.09. The number of carbonyl (C=O) groups excluding carboxylic acids is 2. The zero-order chi connectivity index (χ0) is 21.0. The summed E-state index contributed by atoms with van der Waals surface area (Å²) in [6.07, 6.45) is 0. The Morgan fingerprint density at radius 1 is 0.828 bits per heavy atom. The van der Waals surface area contributed by atoms with Crippen molar-refractivity contribution in [2.75, 3.05) is 10.0 Å². The van der Waals surface area contributed by atoms with E-state index in [2.05, 4.69) is 10.0 Å². The number of para-hydroxylation sites is 1. The quantitative estimate of drug-likeness (QED) is 0.561. The van der Waals surface area contributed by atoms with Crippen LogP contribution in [0.5, 0.6) is 0 Å². The fraction of sp³-hybridized carbons (Fsp3) is 0.0476. The van der Waals surface area contributed by atoms with Gasteiger partial charge in [-0.05, 0) is 49.4 Å². The molecule has 0 atom stereocenters. The molecule has 0 aliphatic carbocycles. The van der Waals surface area contributed by atoms with Crippen LogP contribution >= 0.6 is 11.6 Å². The second-order valence-corrected chi connectivity index (χ2v) is 8.27. The molecule has 3 aromatic carbocycles. The number of hydrogen-bond acceptors (Lipinski definition) is 4. The van der Waals surface area contributed by atoms with Crippen LogP contribution in [0.4, 0.5) is 11.4 Å². The molecule has 2 N–H and O–H groups in total. The number of Topliss-reactive ketones (excluding diaryl/α,β-unsaturated/α-hetero) is 1. The molecular formula is C21H17ClN2O4S. The summed E-state index contributed by atoms with van der Waals surface area (Å²) in [5, 5.41) is 2.66. The molecule has 148 valence electrons. The highest BCUT2D eigenvalue weighted by atomic mass is 35.5. The number of amides is 1. The van der Waals surface area contributed by atoms with Crippen molar-refractivity contribution in [2.45, 2.75) is 11.8 Å². The van der Waals surface area contributed by atoms with Gasteiger partial charge in [0.1, 0.15) is 4.90 Å². The predicted molar refractivity (Wildman–Crippen MR) is 113 cm³/mol. The van der Waals surface area contributed by atoms with Crippen molar-refractivity contribution < 1.29 is 18.0 Å². The summed E-state index contributed by atoms with van der Waals surface area (Å²) < 4.78 is 28.0. The van der Waals surface area contributed by atoms with Crippen LogP contribution in [0.15, 0.2) is 77.7 Å². The molecule has 0 fully saturated rings. The predicted octanol–water partition coefficient (Wildman–Crippen LogP) is 4.60. The second-order valence-electron chi connectivity index (χ2n) is 6.21. The maximum absolute atomic E-state index is 12.8. The van der Waals surface area contributed by atoms with Gasteiger partial charge in [0, 0.05) is 22.5 Å². The van der Waals surface area contributed by atoms with Crippen LogP contribution < -0.4 is 10.0 Å². The fourth-order valence-corrected chi connectivity index (χ4v) is 4.16. The van der Waals surface area contributed by atoms with Crippen LogP contribution in [0.2, 0.25) is 5.02 Å². The van der Waals surface area contributed by atoms with Gasteiger partial charge in [-0.15, -0.1) is 0 Å². The van der Waals surface area contributed by atoms with Crippen molar-refractivity contribution in [1.82, 2.24) is 0 Å². The normalized spacial score (nSPS) is 11.0. The summed E-state index contributed by atoms with van der Waals surface area (Å²) in [5.41, 5.74) is 1.30. The number of carbonyl (C=O) groups is 2. The van der Waals surface area contributed by atoms with Crippen LogP contribution in [0.1, 0.15) is 27.6 Å². The number of sulfonamides is 1. The van der Waals surface area contributed by atoms with Crippen LogP contribution in [-0.2, 0) is 10.0 Å². The molecule has 0 aromatic heterocycles. The lowest BCUT2D eigenvalue weighted by Gasteiger charge is -2.12. The van der Waals surface area contributed by atoms with Gasteiger partial charge in [0.05, 0.1) is 5.02 Å². The van der Waals surface area contributed by atoms with Gasteiger partial charge in [-0.1, -0.05) is 41.9 Å². The highest BCUT2D eigenvalue weighted by Gasteiger charge is 2.21. The molecule has 0 aliphatic heterocycles. The first-order chi connectivity index (χ1) is 13.8. The summed E-state index contributed by atoms with van der Waals surface area (Å²) in [5.74, 6) is -0.661. The summed E-state index contributed by atoms with van der Waals surface area (Å²) in [6.45, 7) is 1.39. The summed E-state index contributed by atoms with van der Waals surface area (Å²) in [4.78, 5) is 23.7. The van der Waals surface area contributed by atoms with Crippen molar-refractivity contribution in [3.8, 4) is 0 Å². The van der Waals surface area contributed by atoms with Crippen molar-refractivity contribution >= 4 is 44.7 Å².